The van der Waals surface area contributed by atoms with Crippen molar-refractivity contribution >= 4 is 29.3 Å². The smallest absolute Gasteiger partial charge is 0.303 e. The Morgan fingerprint density at radius 3 is 2.57 bits per heavy atom. The number of aryl methyl sites for hydroxylation is 1. The summed E-state index contributed by atoms with van der Waals surface area (Å²) in [5.41, 5.74) is 3.64. The van der Waals surface area contributed by atoms with Crippen molar-refractivity contribution in [1.29, 1.82) is 0 Å². The van der Waals surface area contributed by atoms with Crippen LogP contribution < -0.4 is 10.2 Å². The number of carbonyl (C=O) groups excluding carboxylic acids is 2. The highest BCUT2D eigenvalue weighted by Crippen LogP contribution is 2.40. The van der Waals surface area contributed by atoms with Crippen LogP contribution in [0, 0.1) is 5.82 Å². The summed E-state index contributed by atoms with van der Waals surface area (Å²) in [5.74, 6) is -0.133. The monoisotopic (exact) mass is 405 g/mol. The lowest BCUT2D eigenvalue weighted by atomic mass is 10.1. The lowest BCUT2D eigenvalue weighted by molar-refractivity contribution is -0.126. The first-order chi connectivity index (χ1) is 14.5. The number of anilines is 1. The molecule has 3 heterocycles. The molecule has 0 spiro atoms. The van der Waals surface area contributed by atoms with E-state index in [1.165, 1.54) is 17.0 Å². The number of guanidine groups is 1. The number of para-hydroxylation sites is 1. The maximum atomic E-state index is 13.5. The maximum Gasteiger partial charge on any atom is 0.325 e. The van der Waals surface area contributed by atoms with Crippen LogP contribution in [0.1, 0.15) is 18.1 Å². The van der Waals surface area contributed by atoms with E-state index < -0.39 is 18.2 Å². The lowest BCUT2D eigenvalue weighted by Gasteiger charge is -2.34. The van der Waals surface area contributed by atoms with Gasteiger partial charge in [-0.3, -0.25) is 19.9 Å². The van der Waals surface area contributed by atoms with E-state index in [0.29, 0.717) is 5.96 Å². The van der Waals surface area contributed by atoms with Gasteiger partial charge >= 0.3 is 6.03 Å². The molecule has 3 aliphatic rings. The van der Waals surface area contributed by atoms with Crippen LogP contribution in [0.4, 0.5) is 14.9 Å². The van der Waals surface area contributed by atoms with E-state index >= 15 is 0 Å². The van der Waals surface area contributed by atoms with Crippen molar-refractivity contribution in [2.45, 2.75) is 25.6 Å². The van der Waals surface area contributed by atoms with Crippen LogP contribution in [0.3, 0.4) is 0 Å². The molecule has 2 aromatic rings. The third-order valence-electron chi connectivity index (χ3n) is 5.73. The van der Waals surface area contributed by atoms with Crippen molar-refractivity contribution in [3.05, 3.63) is 71.7 Å². The van der Waals surface area contributed by atoms with Gasteiger partial charge in [0.15, 0.2) is 12.2 Å². The minimum atomic E-state index is -0.656. The normalized spacial score (nSPS) is 22.6. The van der Waals surface area contributed by atoms with E-state index in [1.54, 1.807) is 24.1 Å². The van der Waals surface area contributed by atoms with Gasteiger partial charge < -0.3 is 4.90 Å². The summed E-state index contributed by atoms with van der Waals surface area (Å²) in [5, 5.41) is 2.39. The number of fused-ring (bicyclic) bond motifs is 3. The highest BCUT2D eigenvalue weighted by molar-refractivity contribution is 6.16. The predicted molar refractivity (Wildman–Crippen MR) is 111 cm³/mol. The lowest BCUT2D eigenvalue weighted by Crippen LogP contribution is -2.62. The number of rotatable bonds is 3. The highest BCUT2D eigenvalue weighted by Gasteiger charge is 2.52. The molecule has 152 valence electrons. The fraction of sp³-hybridized carbons (Fsp3) is 0.227. The number of nitrogens with zero attached hydrogens (tertiary/aromatic N) is 4. The van der Waals surface area contributed by atoms with Crippen molar-refractivity contribution in [1.82, 2.24) is 15.1 Å². The van der Waals surface area contributed by atoms with Gasteiger partial charge in [-0.25, -0.2) is 14.2 Å². The van der Waals surface area contributed by atoms with Gasteiger partial charge in [0.25, 0.3) is 5.91 Å². The van der Waals surface area contributed by atoms with Crippen molar-refractivity contribution < 1.29 is 14.0 Å². The van der Waals surface area contributed by atoms with E-state index in [2.05, 4.69) is 12.2 Å². The van der Waals surface area contributed by atoms with Gasteiger partial charge in [0.05, 0.1) is 11.4 Å². The van der Waals surface area contributed by atoms with Crippen molar-refractivity contribution in [3.8, 4) is 0 Å². The zero-order valence-electron chi connectivity index (χ0n) is 16.5. The van der Waals surface area contributed by atoms with Gasteiger partial charge in [0, 0.05) is 18.8 Å². The molecule has 0 bridgehead atoms. The molecule has 0 aliphatic carbocycles. The Morgan fingerprint density at radius 1 is 1.10 bits per heavy atom. The summed E-state index contributed by atoms with van der Waals surface area (Å²) in [6, 6.07) is 13.1. The predicted octanol–water partition coefficient (Wildman–Crippen LogP) is 2.75. The number of likely N-dealkylation sites (N-methyl/N-ethyl adjacent to an activating group) is 1. The zero-order valence-corrected chi connectivity index (χ0v) is 16.5. The number of halogens is 1. The molecule has 8 heteroatoms. The molecule has 1 saturated heterocycles. The molecule has 3 amide bonds. The Morgan fingerprint density at radius 2 is 1.83 bits per heavy atom. The van der Waals surface area contributed by atoms with Gasteiger partial charge in [0.1, 0.15) is 5.82 Å². The van der Waals surface area contributed by atoms with E-state index in [4.69, 9.17) is 4.99 Å². The van der Waals surface area contributed by atoms with Crippen LogP contribution in [0.25, 0.3) is 5.70 Å². The van der Waals surface area contributed by atoms with Gasteiger partial charge in [-0.1, -0.05) is 25.1 Å². The largest absolute Gasteiger partial charge is 0.325 e. The first kappa shape index (κ1) is 18.4. The molecule has 2 unspecified atom stereocenters. The molecular weight excluding hydrogens is 385 g/mol. The Bertz CT molecular complexity index is 1110. The number of nitrogens with one attached hydrogen (secondary N) is 1. The average Bonchev–Trinajstić information content (AvgIpc) is 3.29. The Kier molecular flexibility index (Phi) is 4.09. The summed E-state index contributed by atoms with van der Waals surface area (Å²) in [7, 11) is 1.63. The van der Waals surface area contributed by atoms with E-state index in [1.807, 2.05) is 35.4 Å². The minimum Gasteiger partial charge on any atom is -0.303 e. The van der Waals surface area contributed by atoms with Gasteiger partial charge in [-0.2, -0.15) is 0 Å². The van der Waals surface area contributed by atoms with Crippen molar-refractivity contribution in [2.75, 3.05) is 11.9 Å². The highest BCUT2D eigenvalue weighted by atomic mass is 19.1. The summed E-state index contributed by atoms with van der Waals surface area (Å²) in [4.78, 5) is 34.7. The summed E-state index contributed by atoms with van der Waals surface area (Å²) >= 11 is 0. The Balaban J connectivity index is 1.67. The van der Waals surface area contributed by atoms with Crippen molar-refractivity contribution in [2.24, 2.45) is 4.99 Å². The second-order valence-electron chi connectivity index (χ2n) is 7.44. The van der Waals surface area contributed by atoms with Crippen LogP contribution >= 0.6 is 0 Å². The first-order valence-electron chi connectivity index (χ1n) is 9.79. The number of hydrogen-bond donors (Lipinski definition) is 1. The summed E-state index contributed by atoms with van der Waals surface area (Å²) in [6.07, 6.45) is 2.05. The van der Waals surface area contributed by atoms with E-state index in [9.17, 15) is 14.0 Å². The van der Waals surface area contributed by atoms with Gasteiger partial charge in [-0.05, 0) is 42.3 Å². The van der Waals surface area contributed by atoms with Gasteiger partial charge in [-0.15, -0.1) is 0 Å². The molecule has 1 N–H and O–H groups in total. The maximum absolute atomic E-state index is 13.5. The van der Waals surface area contributed by atoms with Crippen LogP contribution in [-0.4, -0.2) is 47.0 Å². The van der Waals surface area contributed by atoms with Crippen LogP contribution in [0.5, 0.6) is 0 Å². The molecule has 3 aliphatic heterocycles. The first-order valence-corrected chi connectivity index (χ1v) is 9.79. The molecule has 0 radical (unpaired) electrons. The zero-order chi connectivity index (χ0) is 21.0. The standard InChI is InChI=1S/C22H20FN5O2/c1-3-13-6-4-5-7-16(13)28-17(14-8-10-15(23)11-9-14)12-27-18-19(24-21(27)28)26(2)22(30)25-20(18)29/h4-12,18-19H,3H2,1-2H3,(H,25,29,30). The summed E-state index contributed by atoms with van der Waals surface area (Å²) < 4.78 is 13.5. The fourth-order valence-corrected chi connectivity index (χ4v) is 4.17. The molecule has 5 rings (SSSR count). The second kappa shape index (κ2) is 6.69. The molecule has 2 atom stereocenters. The number of hydrogen-bond acceptors (Lipinski definition) is 5. The topological polar surface area (TPSA) is 68.2 Å². The Hall–Kier alpha value is -3.68. The Labute approximate surface area is 173 Å². The third-order valence-corrected chi connectivity index (χ3v) is 5.73. The number of urea groups is 1. The van der Waals surface area contributed by atoms with E-state index in [-0.39, 0.29) is 11.7 Å². The van der Waals surface area contributed by atoms with Gasteiger partial charge in [0.2, 0.25) is 5.96 Å². The number of carbonyl (C=O) groups is 2. The number of aliphatic imine (C=N–C) groups is 1. The quantitative estimate of drug-likeness (QED) is 0.853. The number of benzene rings is 2. The minimum absolute atomic E-state index is 0.317. The molecule has 0 aromatic heterocycles. The second-order valence-corrected chi connectivity index (χ2v) is 7.44. The molecule has 1 fully saturated rings. The average molecular weight is 405 g/mol. The third kappa shape index (κ3) is 2.60. The number of imide groups is 1. The van der Waals surface area contributed by atoms with Crippen molar-refractivity contribution in [3.63, 3.8) is 0 Å². The fourth-order valence-electron chi connectivity index (χ4n) is 4.17. The molecule has 7 nitrogen and oxygen atoms in total. The summed E-state index contributed by atoms with van der Waals surface area (Å²) in [6.45, 7) is 2.07. The van der Waals surface area contributed by atoms with Crippen LogP contribution in [-0.2, 0) is 11.2 Å². The van der Waals surface area contributed by atoms with Crippen LogP contribution in [0.2, 0.25) is 0 Å². The molecule has 2 aromatic carbocycles. The molecule has 30 heavy (non-hydrogen) atoms. The molecule has 0 saturated carbocycles. The molecular formula is C22H20FN5O2. The van der Waals surface area contributed by atoms with Crippen LogP contribution in [0.15, 0.2) is 59.7 Å². The SMILES string of the molecule is CCc1ccccc1N1C(c2ccc(F)cc2)=CN2C1=NC1C2C(=O)NC(=O)N1C. The number of amides is 3. The van der Waals surface area contributed by atoms with E-state index in [0.717, 1.165) is 28.9 Å².